The van der Waals surface area contributed by atoms with E-state index in [0.717, 1.165) is 23.9 Å². The smallest absolute Gasteiger partial charge is 0.0136 e. The molecule has 0 radical (unpaired) electrons. The zero-order valence-electron chi connectivity index (χ0n) is 10.6. The number of fused-ring (bicyclic) bond motifs is 3. The van der Waals surface area contributed by atoms with Crippen molar-refractivity contribution >= 4 is 0 Å². The van der Waals surface area contributed by atoms with Gasteiger partial charge in [-0.1, -0.05) is 31.9 Å². The quantitative estimate of drug-likeness (QED) is 0.609. The van der Waals surface area contributed by atoms with E-state index in [9.17, 15) is 0 Å². The first-order chi connectivity index (χ1) is 7.81. The summed E-state index contributed by atoms with van der Waals surface area (Å²) in [5.41, 5.74) is 1.53. The summed E-state index contributed by atoms with van der Waals surface area (Å²) in [6.45, 7) is 7.88. The van der Waals surface area contributed by atoms with Gasteiger partial charge in [-0.3, -0.25) is 4.90 Å². The summed E-state index contributed by atoms with van der Waals surface area (Å²) in [6, 6.07) is 1.84. The Labute approximate surface area is 99.9 Å². The van der Waals surface area contributed by atoms with Crippen LogP contribution in [0.15, 0.2) is 12.2 Å². The van der Waals surface area contributed by atoms with Crippen LogP contribution in [0.3, 0.4) is 0 Å². The maximum atomic E-state index is 4.24. The van der Waals surface area contributed by atoms with Crippen molar-refractivity contribution in [3.8, 4) is 0 Å². The zero-order valence-corrected chi connectivity index (χ0v) is 10.6. The molecule has 3 fully saturated rings. The first-order valence-electron chi connectivity index (χ1n) is 7.23. The molecule has 16 heavy (non-hydrogen) atoms. The predicted octanol–water partition coefficient (Wildman–Crippen LogP) is 3.61. The van der Waals surface area contributed by atoms with Crippen molar-refractivity contribution in [2.24, 2.45) is 11.8 Å². The van der Waals surface area contributed by atoms with E-state index in [4.69, 9.17) is 0 Å². The van der Waals surface area contributed by atoms with Crippen molar-refractivity contribution in [3.05, 3.63) is 12.2 Å². The third-order valence-electron chi connectivity index (χ3n) is 5.36. The summed E-state index contributed by atoms with van der Waals surface area (Å²) >= 11 is 0. The highest BCUT2D eigenvalue weighted by atomic mass is 15.2. The van der Waals surface area contributed by atoms with Crippen LogP contribution in [0.4, 0.5) is 0 Å². The Morgan fingerprint density at radius 3 is 2.69 bits per heavy atom. The normalized spacial score (nSPS) is 44.2. The lowest BCUT2D eigenvalue weighted by molar-refractivity contribution is 0.152. The largest absolute Gasteiger partial charge is 0.297 e. The van der Waals surface area contributed by atoms with E-state index in [1.807, 2.05) is 0 Å². The monoisotopic (exact) mass is 219 g/mol. The summed E-state index contributed by atoms with van der Waals surface area (Å²) in [7, 11) is 0. The van der Waals surface area contributed by atoms with Crippen LogP contribution in [-0.4, -0.2) is 23.5 Å². The second-order valence-electron chi connectivity index (χ2n) is 6.07. The lowest BCUT2D eigenvalue weighted by Gasteiger charge is -2.33. The van der Waals surface area contributed by atoms with Gasteiger partial charge in [-0.05, 0) is 50.5 Å². The van der Waals surface area contributed by atoms with E-state index in [1.165, 1.54) is 57.1 Å². The minimum atomic E-state index is 0.906. The molecule has 2 aliphatic carbocycles. The molecule has 0 amide bonds. The number of rotatable bonds is 1. The van der Waals surface area contributed by atoms with Crippen LogP contribution < -0.4 is 0 Å². The summed E-state index contributed by atoms with van der Waals surface area (Å²) in [5, 5.41) is 0. The SMILES string of the molecule is C=C1CCC2C(C1)C1CCCCC1N2CC. The highest BCUT2D eigenvalue weighted by molar-refractivity contribution is 5.11. The molecular weight excluding hydrogens is 194 g/mol. The minimum absolute atomic E-state index is 0.906. The molecule has 0 N–H and O–H groups in total. The number of nitrogens with zero attached hydrogens (tertiary/aromatic N) is 1. The van der Waals surface area contributed by atoms with Gasteiger partial charge in [0.25, 0.3) is 0 Å². The summed E-state index contributed by atoms with van der Waals surface area (Å²) in [5.74, 6) is 1.97. The standard InChI is InChI=1S/C15H25N/c1-3-16-14-7-5-4-6-12(14)13-10-11(2)8-9-15(13)16/h12-15H,2-10H2,1H3. The Balaban J connectivity index is 1.85. The first-order valence-corrected chi connectivity index (χ1v) is 7.23. The van der Waals surface area contributed by atoms with Crippen molar-refractivity contribution in [2.75, 3.05) is 6.54 Å². The van der Waals surface area contributed by atoms with Crippen molar-refractivity contribution in [3.63, 3.8) is 0 Å². The minimum Gasteiger partial charge on any atom is -0.297 e. The van der Waals surface area contributed by atoms with Gasteiger partial charge in [0.15, 0.2) is 0 Å². The highest BCUT2D eigenvalue weighted by Gasteiger charge is 2.49. The van der Waals surface area contributed by atoms with Crippen LogP contribution >= 0.6 is 0 Å². The van der Waals surface area contributed by atoms with Gasteiger partial charge in [0, 0.05) is 12.1 Å². The number of likely N-dealkylation sites (tertiary alicyclic amines) is 1. The van der Waals surface area contributed by atoms with Crippen LogP contribution in [0, 0.1) is 11.8 Å². The second-order valence-corrected chi connectivity index (χ2v) is 6.07. The molecule has 0 aromatic carbocycles. The van der Waals surface area contributed by atoms with Crippen LogP contribution in [0.25, 0.3) is 0 Å². The van der Waals surface area contributed by atoms with Crippen LogP contribution in [-0.2, 0) is 0 Å². The third kappa shape index (κ3) is 1.55. The molecule has 0 spiro atoms. The maximum absolute atomic E-state index is 4.24. The molecule has 90 valence electrons. The molecule has 4 atom stereocenters. The molecule has 3 aliphatic rings. The lowest BCUT2D eigenvalue weighted by Crippen LogP contribution is -2.39. The summed E-state index contributed by atoms with van der Waals surface area (Å²) in [6.07, 6.45) is 9.93. The fraction of sp³-hybridized carbons (Fsp3) is 0.867. The Hall–Kier alpha value is -0.300. The molecule has 1 heteroatoms. The third-order valence-corrected chi connectivity index (χ3v) is 5.36. The summed E-state index contributed by atoms with van der Waals surface area (Å²) in [4.78, 5) is 2.85. The zero-order chi connectivity index (χ0) is 11.1. The van der Waals surface area contributed by atoms with E-state index in [2.05, 4.69) is 18.4 Å². The van der Waals surface area contributed by atoms with Crippen molar-refractivity contribution < 1.29 is 0 Å². The van der Waals surface area contributed by atoms with Gasteiger partial charge in [0.1, 0.15) is 0 Å². The molecule has 0 aromatic rings. The fourth-order valence-electron chi connectivity index (χ4n) is 4.75. The van der Waals surface area contributed by atoms with Crippen LogP contribution in [0.5, 0.6) is 0 Å². The van der Waals surface area contributed by atoms with Gasteiger partial charge in [-0.15, -0.1) is 0 Å². The van der Waals surface area contributed by atoms with Gasteiger partial charge in [-0.2, -0.15) is 0 Å². The van der Waals surface area contributed by atoms with E-state index in [-0.39, 0.29) is 0 Å². The Morgan fingerprint density at radius 2 is 1.88 bits per heavy atom. The molecule has 2 saturated carbocycles. The Bertz CT molecular complexity index is 277. The molecule has 0 bridgehead atoms. The topological polar surface area (TPSA) is 3.24 Å². The van der Waals surface area contributed by atoms with Gasteiger partial charge in [0.05, 0.1) is 0 Å². The predicted molar refractivity (Wildman–Crippen MR) is 68.4 cm³/mol. The fourth-order valence-corrected chi connectivity index (χ4v) is 4.75. The number of hydrogen-bond acceptors (Lipinski definition) is 1. The molecule has 1 saturated heterocycles. The van der Waals surface area contributed by atoms with Gasteiger partial charge < -0.3 is 0 Å². The molecule has 4 unspecified atom stereocenters. The van der Waals surface area contributed by atoms with Crippen molar-refractivity contribution in [2.45, 2.75) is 64.0 Å². The Kier molecular flexibility index (Phi) is 2.83. The number of hydrogen-bond donors (Lipinski definition) is 0. The van der Waals surface area contributed by atoms with Gasteiger partial charge in [0.2, 0.25) is 0 Å². The van der Waals surface area contributed by atoms with Crippen LogP contribution in [0.1, 0.15) is 51.9 Å². The second kappa shape index (κ2) is 4.18. The van der Waals surface area contributed by atoms with E-state index < -0.39 is 0 Å². The lowest BCUT2D eigenvalue weighted by atomic mass is 9.72. The van der Waals surface area contributed by atoms with Crippen molar-refractivity contribution in [1.29, 1.82) is 0 Å². The average Bonchev–Trinajstić information content (AvgIpc) is 2.62. The molecule has 1 nitrogen and oxygen atoms in total. The molecular formula is C15H25N. The van der Waals surface area contributed by atoms with Gasteiger partial charge >= 0.3 is 0 Å². The van der Waals surface area contributed by atoms with Crippen LogP contribution in [0.2, 0.25) is 0 Å². The molecule has 3 rings (SSSR count). The van der Waals surface area contributed by atoms with Crippen molar-refractivity contribution in [1.82, 2.24) is 4.90 Å². The molecule has 1 aliphatic heterocycles. The van der Waals surface area contributed by atoms with E-state index >= 15 is 0 Å². The first kappa shape index (κ1) is 10.8. The Morgan fingerprint density at radius 1 is 1.12 bits per heavy atom. The van der Waals surface area contributed by atoms with Gasteiger partial charge in [-0.25, -0.2) is 0 Å². The summed E-state index contributed by atoms with van der Waals surface area (Å²) < 4.78 is 0. The van der Waals surface area contributed by atoms with E-state index in [0.29, 0.717) is 0 Å². The molecule has 1 heterocycles. The number of allylic oxidation sites excluding steroid dienone is 1. The average molecular weight is 219 g/mol. The maximum Gasteiger partial charge on any atom is 0.0136 e. The highest BCUT2D eigenvalue weighted by Crippen LogP contribution is 2.49. The molecule has 0 aromatic heterocycles. The van der Waals surface area contributed by atoms with E-state index in [1.54, 1.807) is 0 Å².